The molecule has 2 N–H and O–H groups in total. The van der Waals surface area contributed by atoms with E-state index in [-0.39, 0.29) is 24.8 Å². The lowest BCUT2D eigenvalue weighted by Gasteiger charge is -2.15. The van der Waals surface area contributed by atoms with Gasteiger partial charge in [0.1, 0.15) is 12.7 Å². The number of alkyl halides is 1. The quantitative estimate of drug-likeness (QED) is 0.839. The van der Waals surface area contributed by atoms with Crippen molar-refractivity contribution in [3.8, 4) is 0 Å². The molecule has 0 aliphatic rings. The predicted molar refractivity (Wildman–Crippen MR) is 80.9 cm³/mol. The average Bonchev–Trinajstić information content (AvgIpc) is 2.39. The smallest absolute Gasteiger partial charge is 0.242 e. The minimum Gasteiger partial charge on any atom is -0.352 e. The molecule has 0 fully saturated rings. The van der Waals surface area contributed by atoms with Crippen LogP contribution in [0.15, 0.2) is 12.1 Å². The molecule has 21 heavy (non-hydrogen) atoms. The third-order valence-corrected chi connectivity index (χ3v) is 3.34. The van der Waals surface area contributed by atoms with Gasteiger partial charge in [-0.05, 0) is 44.4 Å². The van der Waals surface area contributed by atoms with Crippen LogP contribution in [0, 0.1) is 20.8 Å². The summed E-state index contributed by atoms with van der Waals surface area (Å²) in [5, 5.41) is 5.04. The van der Waals surface area contributed by atoms with Crippen LogP contribution in [-0.2, 0) is 16.0 Å². The van der Waals surface area contributed by atoms with Crippen LogP contribution in [0.1, 0.15) is 29.2 Å². The minimum absolute atomic E-state index is 0.0325. The number of halogens is 1. The number of rotatable bonds is 6. The maximum atomic E-state index is 12.0. The molecule has 0 bridgehead atoms. The Morgan fingerprint density at radius 2 is 1.76 bits per heavy atom. The van der Waals surface area contributed by atoms with E-state index in [0.717, 1.165) is 22.3 Å². The summed E-state index contributed by atoms with van der Waals surface area (Å²) in [7, 11) is 0. The third kappa shape index (κ3) is 5.17. The van der Waals surface area contributed by atoms with E-state index in [4.69, 9.17) is 0 Å². The van der Waals surface area contributed by atoms with Crippen molar-refractivity contribution in [1.29, 1.82) is 0 Å². The van der Waals surface area contributed by atoms with Crippen LogP contribution in [-0.4, -0.2) is 31.1 Å². The van der Waals surface area contributed by atoms with Gasteiger partial charge in [0.05, 0.1) is 6.42 Å². The fourth-order valence-electron chi connectivity index (χ4n) is 2.33. The zero-order valence-corrected chi connectivity index (χ0v) is 13.0. The van der Waals surface area contributed by atoms with Gasteiger partial charge in [-0.2, -0.15) is 0 Å². The number of hydrogen-bond acceptors (Lipinski definition) is 2. The molecule has 0 saturated heterocycles. The van der Waals surface area contributed by atoms with Crippen molar-refractivity contribution < 1.29 is 14.0 Å². The van der Waals surface area contributed by atoms with Crippen LogP contribution in [0.3, 0.4) is 0 Å². The summed E-state index contributed by atoms with van der Waals surface area (Å²) in [6.07, 6.45) is 0.235. The van der Waals surface area contributed by atoms with Gasteiger partial charge < -0.3 is 10.6 Å². The Bertz CT molecular complexity index is 506. The van der Waals surface area contributed by atoms with E-state index in [9.17, 15) is 14.0 Å². The second-order valence-corrected chi connectivity index (χ2v) is 5.32. The molecule has 1 aromatic rings. The number of carbonyl (C=O) groups is 2. The molecule has 1 unspecified atom stereocenters. The van der Waals surface area contributed by atoms with Gasteiger partial charge in [-0.15, -0.1) is 0 Å². The highest BCUT2D eigenvalue weighted by atomic mass is 19.1. The van der Waals surface area contributed by atoms with E-state index in [2.05, 4.69) is 10.6 Å². The zero-order valence-electron chi connectivity index (χ0n) is 13.0. The fraction of sp³-hybridized carbons (Fsp3) is 0.500. The lowest BCUT2D eigenvalue weighted by molar-refractivity contribution is -0.128. The number of hydrogen-bond donors (Lipinski definition) is 2. The molecule has 1 atom stereocenters. The molecule has 116 valence electrons. The molecular weight excluding hydrogens is 271 g/mol. The SMILES string of the molecule is Cc1cc(C)c(CC(=O)NC(C)C(=O)NCCF)c(C)c1. The lowest BCUT2D eigenvalue weighted by atomic mass is 9.97. The molecule has 0 aliphatic heterocycles. The van der Waals surface area contributed by atoms with E-state index in [1.54, 1.807) is 6.92 Å². The Morgan fingerprint density at radius 1 is 1.19 bits per heavy atom. The van der Waals surface area contributed by atoms with Crippen LogP contribution in [0.25, 0.3) is 0 Å². The molecule has 0 heterocycles. The van der Waals surface area contributed by atoms with Gasteiger partial charge in [0, 0.05) is 6.54 Å². The van der Waals surface area contributed by atoms with Crippen molar-refractivity contribution in [2.45, 2.75) is 40.2 Å². The molecule has 2 amide bonds. The fourth-order valence-corrected chi connectivity index (χ4v) is 2.33. The molecule has 5 heteroatoms. The molecule has 0 aliphatic carbocycles. The second-order valence-electron chi connectivity index (χ2n) is 5.32. The van der Waals surface area contributed by atoms with Gasteiger partial charge in [-0.25, -0.2) is 4.39 Å². The van der Waals surface area contributed by atoms with E-state index < -0.39 is 12.7 Å². The summed E-state index contributed by atoms with van der Waals surface area (Å²) in [5.74, 6) is -0.591. The Morgan fingerprint density at radius 3 is 2.29 bits per heavy atom. The van der Waals surface area contributed by atoms with Crippen LogP contribution in [0.2, 0.25) is 0 Å². The molecule has 1 aromatic carbocycles. The van der Waals surface area contributed by atoms with Crippen molar-refractivity contribution >= 4 is 11.8 Å². The van der Waals surface area contributed by atoms with Gasteiger partial charge in [0.25, 0.3) is 0 Å². The van der Waals surface area contributed by atoms with Gasteiger partial charge >= 0.3 is 0 Å². The number of nitrogens with one attached hydrogen (secondary N) is 2. The van der Waals surface area contributed by atoms with E-state index in [1.807, 2.05) is 32.9 Å². The second kappa shape index (κ2) is 7.76. The first kappa shape index (κ1) is 17.1. The Labute approximate surface area is 125 Å². The van der Waals surface area contributed by atoms with Gasteiger partial charge in [-0.1, -0.05) is 17.7 Å². The number of benzene rings is 1. The zero-order chi connectivity index (χ0) is 16.0. The highest BCUT2D eigenvalue weighted by Crippen LogP contribution is 2.16. The molecule has 0 spiro atoms. The number of aryl methyl sites for hydroxylation is 3. The molecule has 1 rings (SSSR count). The third-order valence-electron chi connectivity index (χ3n) is 3.34. The maximum Gasteiger partial charge on any atom is 0.242 e. The first-order chi connectivity index (χ1) is 9.85. The van der Waals surface area contributed by atoms with E-state index in [1.165, 1.54) is 0 Å². The largest absolute Gasteiger partial charge is 0.352 e. The Balaban J connectivity index is 2.64. The maximum absolute atomic E-state index is 12.0. The number of amides is 2. The molecular formula is C16H23FN2O2. The summed E-state index contributed by atoms with van der Waals surface area (Å²) < 4.78 is 12.0. The minimum atomic E-state index is -0.671. The predicted octanol–water partition coefficient (Wildman–Crippen LogP) is 1.74. The molecule has 0 radical (unpaired) electrons. The summed E-state index contributed by atoms with van der Waals surface area (Å²) in [6, 6.07) is 3.40. The van der Waals surface area contributed by atoms with Gasteiger partial charge in [0.2, 0.25) is 11.8 Å². The van der Waals surface area contributed by atoms with Gasteiger partial charge in [0.15, 0.2) is 0 Å². The Hall–Kier alpha value is -1.91. The van der Waals surface area contributed by atoms with Crippen LogP contribution >= 0.6 is 0 Å². The normalized spacial score (nSPS) is 11.9. The first-order valence-electron chi connectivity index (χ1n) is 7.05. The van der Waals surface area contributed by atoms with Crippen molar-refractivity contribution in [3.63, 3.8) is 0 Å². The van der Waals surface area contributed by atoms with Crippen molar-refractivity contribution in [2.24, 2.45) is 0 Å². The highest BCUT2D eigenvalue weighted by Gasteiger charge is 2.16. The van der Waals surface area contributed by atoms with E-state index in [0.29, 0.717) is 0 Å². The molecule has 4 nitrogen and oxygen atoms in total. The summed E-state index contributed by atoms with van der Waals surface area (Å²) in [6.45, 7) is 6.89. The number of carbonyl (C=O) groups excluding carboxylic acids is 2. The van der Waals surface area contributed by atoms with Crippen LogP contribution in [0.5, 0.6) is 0 Å². The highest BCUT2D eigenvalue weighted by molar-refractivity contribution is 5.88. The Kier molecular flexibility index (Phi) is 6.34. The molecule has 0 aromatic heterocycles. The summed E-state index contributed by atoms with van der Waals surface area (Å²) >= 11 is 0. The first-order valence-corrected chi connectivity index (χ1v) is 7.05. The monoisotopic (exact) mass is 294 g/mol. The standard InChI is InChI=1S/C16H23FN2O2/c1-10-7-11(2)14(12(3)8-10)9-15(20)19-13(4)16(21)18-6-5-17/h7-8,13H,5-6,9H2,1-4H3,(H,18,21)(H,19,20). The summed E-state index contributed by atoms with van der Waals surface area (Å²) in [4.78, 5) is 23.6. The average molecular weight is 294 g/mol. The lowest BCUT2D eigenvalue weighted by Crippen LogP contribution is -2.45. The van der Waals surface area contributed by atoms with Crippen molar-refractivity contribution in [1.82, 2.24) is 10.6 Å². The van der Waals surface area contributed by atoms with Crippen molar-refractivity contribution in [2.75, 3.05) is 13.2 Å². The van der Waals surface area contributed by atoms with Crippen LogP contribution in [0.4, 0.5) is 4.39 Å². The summed E-state index contributed by atoms with van der Waals surface area (Å²) in [5.41, 5.74) is 4.27. The van der Waals surface area contributed by atoms with Gasteiger partial charge in [-0.3, -0.25) is 9.59 Å². The van der Waals surface area contributed by atoms with E-state index >= 15 is 0 Å². The molecule has 0 saturated carbocycles. The van der Waals surface area contributed by atoms with Crippen molar-refractivity contribution in [3.05, 3.63) is 34.4 Å². The topological polar surface area (TPSA) is 58.2 Å². The van der Waals surface area contributed by atoms with Crippen LogP contribution < -0.4 is 10.6 Å².